The van der Waals surface area contributed by atoms with Crippen molar-refractivity contribution in [1.82, 2.24) is 5.32 Å². The molecule has 0 amide bonds. The Labute approximate surface area is 103 Å². The first-order valence-corrected chi connectivity index (χ1v) is 7.08. The molecule has 0 spiro atoms. The maximum Gasteiger partial charge on any atom is 0.0794 e. The Morgan fingerprint density at radius 1 is 1.12 bits per heavy atom. The lowest BCUT2D eigenvalue weighted by Crippen LogP contribution is -2.33. The van der Waals surface area contributed by atoms with Crippen LogP contribution in [-0.2, 0) is 0 Å². The molecule has 0 radical (unpaired) electrons. The highest BCUT2D eigenvalue weighted by Crippen LogP contribution is 2.34. The molecular weight excluding hydrogens is 214 g/mol. The zero-order valence-electron chi connectivity index (χ0n) is 10.6. The van der Waals surface area contributed by atoms with Gasteiger partial charge in [0.2, 0.25) is 0 Å². The first kappa shape index (κ1) is 12.0. The second-order valence-corrected chi connectivity index (χ2v) is 6.11. The Morgan fingerprint density at radius 2 is 1.81 bits per heavy atom. The van der Waals surface area contributed by atoms with Gasteiger partial charge in [-0.05, 0) is 62.1 Å². The molecule has 0 aliphatic carbocycles. The number of rotatable bonds is 1. The molecule has 16 heavy (non-hydrogen) atoms. The van der Waals surface area contributed by atoms with E-state index in [4.69, 9.17) is 0 Å². The summed E-state index contributed by atoms with van der Waals surface area (Å²) in [7, 11) is 0. The Morgan fingerprint density at radius 3 is 2.50 bits per heavy atom. The zero-order valence-corrected chi connectivity index (χ0v) is 11.4. The van der Waals surface area contributed by atoms with E-state index in [1.54, 1.807) is 0 Å². The molecule has 88 valence electrons. The van der Waals surface area contributed by atoms with Crippen LogP contribution in [0.4, 0.5) is 0 Å². The first-order chi connectivity index (χ1) is 7.58. The lowest BCUT2D eigenvalue weighted by Gasteiger charge is -2.30. The molecule has 1 aromatic carbocycles. The molecule has 0 aromatic heterocycles. The zero-order chi connectivity index (χ0) is 11.7. The summed E-state index contributed by atoms with van der Waals surface area (Å²) in [6.45, 7) is 8.90. The summed E-state index contributed by atoms with van der Waals surface area (Å²) >= 11 is 2.04. The summed E-state index contributed by atoms with van der Waals surface area (Å²) in [5.41, 5.74) is 5.69. The molecule has 2 heteroatoms. The van der Waals surface area contributed by atoms with Gasteiger partial charge >= 0.3 is 0 Å². The largest absolute Gasteiger partial charge is 0.299 e. The summed E-state index contributed by atoms with van der Waals surface area (Å²) in [6.07, 6.45) is 1.28. The van der Waals surface area contributed by atoms with Crippen LogP contribution in [0.2, 0.25) is 0 Å². The number of hydrogen-bond acceptors (Lipinski definition) is 2. The third-order valence-electron chi connectivity index (χ3n) is 3.44. The van der Waals surface area contributed by atoms with Gasteiger partial charge in [-0.25, -0.2) is 0 Å². The fraction of sp³-hybridized carbons (Fsp3) is 0.571. The van der Waals surface area contributed by atoms with Crippen molar-refractivity contribution in [3.8, 4) is 0 Å². The Kier molecular flexibility index (Phi) is 3.60. The molecule has 2 unspecified atom stereocenters. The molecule has 1 heterocycles. The third-order valence-corrected chi connectivity index (χ3v) is 4.63. The number of nitrogens with one attached hydrogen (secondary N) is 1. The quantitative estimate of drug-likeness (QED) is 0.796. The highest BCUT2D eigenvalue weighted by atomic mass is 32.2. The molecule has 1 aliphatic heterocycles. The Balaban J connectivity index is 2.29. The van der Waals surface area contributed by atoms with Gasteiger partial charge in [-0.1, -0.05) is 12.1 Å². The number of aryl methyl sites for hydroxylation is 3. The van der Waals surface area contributed by atoms with Crippen LogP contribution in [-0.4, -0.2) is 11.8 Å². The predicted octanol–water partition coefficient (Wildman–Crippen LogP) is 3.73. The highest BCUT2D eigenvalue weighted by molar-refractivity contribution is 7.99. The van der Waals surface area contributed by atoms with Crippen LogP contribution in [0.15, 0.2) is 12.1 Å². The van der Waals surface area contributed by atoms with Gasteiger partial charge in [-0.2, -0.15) is 0 Å². The molecule has 1 aromatic rings. The number of thioether (sulfide) groups is 1. The van der Waals surface area contributed by atoms with E-state index < -0.39 is 0 Å². The van der Waals surface area contributed by atoms with Crippen LogP contribution < -0.4 is 5.32 Å². The summed E-state index contributed by atoms with van der Waals surface area (Å²) in [5.74, 6) is 1.27. The average Bonchev–Trinajstić information content (AvgIpc) is 2.23. The van der Waals surface area contributed by atoms with Gasteiger partial charge in [0.1, 0.15) is 0 Å². The minimum Gasteiger partial charge on any atom is -0.299 e. The molecule has 0 bridgehead atoms. The molecular formula is C14H21NS. The molecule has 1 nitrogen and oxygen atoms in total. The second-order valence-electron chi connectivity index (χ2n) is 4.90. The topological polar surface area (TPSA) is 12.0 Å². The molecule has 2 atom stereocenters. The van der Waals surface area contributed by atoms with E-state index in [2.05, 4.69) is 45.1 Å². The van der Waals surface area contributed by atoms with Crippen LogP contribution in [0, 0.1) is 20.8 Å². The van der Waals surface area contributed by atoms with Crippen molar-refractivity contribution >= 4 is 11.8 Å². The van der Waals surface area contributed by atoms with Crippen LogP contribution in [0.3, 0.4) is 0 Å². The lowest BCUT2D eigenvalue weighted by molar-refractivity contribution is 0.511. The van der Waals surface area contributed by atoms with Gasteiger partial charge in [0.05, 0.1) is 5.37 Å². The van der Waals surface area contributed by atoms with Gasteiger partial charge in [-0.15, -0.1) is 11.8 Å². The SMILES string of the molecule is Cc1cc(C)c(C2NC(C)CCS2)cc1C. The van der Waals surface area contributed by atoms with E-state index >= 15 is 0 Å². The maximum atomic E-state index is 3.68. The fourth-order valence-electron chi connectivity index (χ4n) is 2.20. The third kappa shape index (κ3) is 2.44. The normalized spacial score (nSPS) is 25.8. The summed E-state index contributed by atoms with van der Waals surface area (Å²) in [4.78, 5) is 0. The standard InChI is InChI=1S/C14H21NS/c1-9-7-11(3)13(8-10(9)2)14-15-12(4)5-6-16-14/h7-8,12,14-15H,5-6H2,1-4H3. The van der Waals surface area contributed by atoms with E-state index in [0.717, 1.165) is 0 Å². The van der Waals surface area contributed by atoms with E-state index in [1.165, 1.54) is 34.4 Å². The first-order valence-electron chi connectivity index (χ1n) is 6.03. The fourth-order valence-corrected chi connectivity index (χ4v) is 3.68. The minimum atomic E-state index is 0.489. The monoisotopic (exact) mass is 235 g/mol. The van der Waals surface area contributed by atoms with Gasteiger partial charge in [0.25, 0.3) is 0 Å². The van der Waals surface area contributed by atoms with E-state index in [1.807, 2.05) is 11.8 Å². The smallest absolute Gasteiger partial charge is 0.0794 e. The molecule has 0 saturated carbocycles. The van der Waals surface area contributed by atoms with Crippen molar-refractivity contribution in [2.45, 2.75) is 45.5 Å². The number of hydrogen-bond donors (Lipinski definition) is 1. The van der Waals surface area contributed by atoms with Crippen molar-refractivity contribution in [3.05, 3.63) is 34.4 Å². The molecule has 1 fully saturated rings. The summed E-state index contributed by atoms with van der Waals surface area (Å²) < 4.78 is 0. The van der Waals surface area contributed by atoms with Gasteiger partial charge in [0, 0.05) is 6.04 Å². The molecule has 1 aliphatic rings. The number of benzene rings is 1. The maximum absolute atomic E-state index is 3.68. The van der Waals surface area contributed by atoms with Crippen molar-refractivity contribution in [2.24, 2.45) is 0 Å². The molecule has 1 N–H and O–H groups in total. The van der Waals surface area contributed by atoms with Crippen molar-refractivity contribution < 1.29 is 0 Å². The second kappa shape index (κ2) is 4.80. The van der Waals surface area contributed by atoms with Crippen LogP contribution in [0.1, 0.15) is 41.0 Å². The van der Waals surface area contributed by atoms with Gasteiger partial charge < -0.3 is 0 Å². The van der Waals surface area contributed by atoms with Gasteiger partial charge in [0.15, 0.2) is 0 Å². The Bertz CT molecular complexity index is 387. The van der Waals surface area contributed by atoms with E-state index in [0.29, 0.717) is 11.4 Å². The van der Waals surface area contributed by atoms with E-state index in [-0.39, 0.29) is 0 Å². The van der Waals surface area contributed by atoms with Crippen molar-refractivity contribution in [3.63, 3.8) is 0 Å². The average molecular weight is 235 g/mol. The predicted molar refractivity (Wildman–Crippen MR) is 73.1 cm³/mol. The van der Waals surface area contributed by atoms with Gasteiger partial charge in [-0.3, -0.25) is 5.32 Å². The van der Waals surface area contributed by atoms with Crippen LogP contribution >= 0.6 is 11.8 Å². The van der Waals surface area contributed by atoms with Crippen LogP contribution in [0.5, 0.6) is 0 Å². The summed E-state index contributed by atoms with van der Waals surface area (Å²) in [6, 6.07) is 5.31. The lowest BCUT2D eigenvalue weighted by atomic mass is 10.0. The Hall–Kier alpha value is -0.470. The van der Waals surface area contributed by atoms with Crippen molar-refractivity contribution in [1.29, 1.82) is 0 Å². The van der Waals surface area contributed by atoms with Crippen LogP contribution in [0.25, 0.3) is 0 Å². The minimum absolute atomic E-state index is 0.489. The highest BCUT2D eigenvalue weighted by Gasteiger charge is 2.21. The summed E-state index contributed by atoms with van der Waals surface area (Å²) in [5, 5.41) is 4.17. The molecule has 2 rings (SSSR count). The molecule has 1 saturated heterocycles. The van der Waals surface area contributed by atoms with E-state index in [9.17, 15) is 0 Å². The van der Waals surface area contributed by atoms with Crippen molar-refractivity contribution in [2.75, 3.05) is 5.75 Å².